The summed E-state index contributed by atoms with van der Waals surface area (Å²) in [4.78, 5) is 16.0. The molecule has 0 aliphatic heterocycles. The molecule has 0 radical (unpaired) electrons. The van der Waals surface area contributed by atoms with Crippen LogP contribution in [0.5, 0.6) is 0 Å². The lowest BCUT2D eigenvalue weighted by molar-refractivity contribution is 0.0941. The van der Waals surface area contributed by atoms with Crippen LogP contribution in [-0.4, -0.2) is 21.1 Å². The van der Waals surface area contributed by atoms with Gasteiger partial charge in [-0.3, -0.25) is 9.89 Å². The summed E-state index contributed by atoms with van der Waals surface area (Å²) in [6.45, 7) is 6.55. The average molecular weight is 264 g/mol. The molecule has 0 aromatic carbocycles. The maximum Gasteiger partial charge on any atom is 0.291 e. The predicted molar refractivity (Wildman–Crippen MR) is 70.6 cm³/mol. The monoisotopic (exact) mass is 264 g/mol. The standard InChI is InChI=1S/C12H16N4OS/c1-12(2,3)11-14-9(15-16-11)10(17)13-6-8-4-5-18-7-8/h4-5,7H,6H2,1-3H3,(H,13,17)(H,14,15,16). The summed E-state index contributed by atoms with van der Waals surface area (Å²) >= 11 is 1.61. The van der Waals surface area contributed by atoms with Gasteiger partial charge < -0.3 is 5.32 Å². The molecule has 6 heteroatoms. The number of carbonyl (C=O) groups is 1. The SMILES string of the molecule is CC(C)(C)c1nc(C(=O)NCc2ccsc2)n[nH]1. The van der Waals surface area contributed by atoms with Gasteiger partial charge in [-0.1, -0.05) is 20.8 Å². The summed E-state index contributed by atoms with van der Waals surface area (Å²) in [6, 6.07) is 1.98. The second-order valence-corrected chi connectivity index (χ2v) is 5.85. The van der Waals surface area contributed by atoms with Gasteiger partial charge in [0, 0.05) is 12.0 Å². The number of aromatic nitrogens is 3. The molecule has 0 spiro atoms. The summed E-state index contributed by atoms with van der Waals surface area (Å²) in [5.41, 5.74) is 0.943. The van der Waals surface area contributed by atoms with E-state index in [0.29, 0.717) is 12.4 Å². The van der Waals surface area contributed by atoms with E-state index < -0.39 is 0 Å². The van der Waals surface area contributed by atoms with Crippen molar-refractivity contribution in [3.05, 3.63) is 34.0 Å². The number of rotatable bonds is 3. The van der Waals surface area contributed by atoms with E-state index in [2.05, 4.69) is 20.5 Å². The molecule has 2 aromatic heterocycles. The first-order chi connectivity index (χ1) is 8.47. The highest BCUT2D eigenvalue weighted by Gasteiger charge is 2.21. The zero-order chi connectivity index (χ0) is 13.2. The molecule has 2 aromatic rings. The number of aromatic amines is 1. The van der Waals surface area contributed by atoms with Crippen molar-refractivity contribution in [1.82, 2.24) is 20.5 Å². The van der Waals surface area contributed by atoms with Gasteiger partial charge in [0.15, 0.2) is 0 Å². The molecule has 96 valence electrons. The number of nitrogens with one attached hydrogen (secondary N) is 2. The molecule has 0 aliphatic carbocycles. The molecule has 0 atom stereocenters. The van der Waals surface area contributed by atoms with Crippen molar-refractivity contribution < 1.29 is 4.79 Å². The number of hydrogen-bond donors (Lipinski definition) is 2. The van der Waals surface area contributed by atoms with Gasteiger partial charge in [0.25, 0.3) is 5.91 Å². The highest BCUT2D eigenvalue weighted by molar-refractivity contribution is 7.07. The highest BCUT2D eigenvalue weighted by Crippen LogP contribution is 2.17. The Bertz CT molecular complexity index is 525. The molecule has 2 rings (SSSR count). The Morgan fingerprint density at radius 2 is 2.28 bits per heavy atom. The molecule has 0 fully saturated rings. The van der Waals surface area contributed by atoms with E-state index in [0.717, 1.165) is 5.56 Å². The molecule has 0 bridgehead atoms. The Balaban J connectivity index is 1.99. The smallest absolute Gasteiger partial charge is 0.291 e. The van der Waals surface area contributed by atoms with Gasteiger partial charge in [-0.15, -0.1) is 5.10 Å². The molecule has 1 amide bonds. The number of thiophene rings is 1. The Labute approximate surface area is 110 Å². The van der Waals surface area contributed by atoms with Crippen LogP contribution in [0.1, 0.15) is 42.8 Å². The van der Waals surface area contributed by atoms with E-state index >= 15 is 0 Å². The topological polar surface area (TPSA) is 70.7 Å². The molecule has 2 heterocycles. The molecule has 18 heavy (non-hydrogen) atoms. The predicted octanol–water partition coefficient (Wildman–Crippen LogP) is 2.09. The van der Waals surface area contributed by atoms with Gasteiger partial charge in [0.05, 0.1) is 0 Å². The van der Waals surface area contributed by atoms with Crippen LogP contribution in [0, 0.1) is 0 Å². The van der Waals surface area contributed by atoms with Crippen molar-refractivity contribution in [1.29, 1.82) is 0 Å². The lowest BCUT2D eigenvalue weighted by Crippen LogP contribution is -2.24. The van der Waals surface area contributed by atoms with Crippen molar-refractivity contribution in [2.24, 2.45) is 0 Å². The summed E-state index contributed by atoms with van der Waals surface area (Å²) < 4.78 is 0. The quantitative estimate of drug-likeness (QED) is 0.891. The third-order valence-corrected chi connectivity index (χ3v) is 3.16. The fraction of sp³-hybridized carbons (Fsp3) is 0.417. The normalized spacial score (nSPS) is 11.5. The minimum absolute atomic E-state index is 0.140. The molecule has 0 unspecified atom stereocenters. The van der Waals surface area contributed by atoms with Crippen LogP contribution in [0.2, 0.25) is 0 Å². The second kappa shape index (κ2) is 4.89. The number of nitrogens with zero attached hydrogens (tertiary/aromatic N) is 2. The van der Waals surface area contributed by atoms with Crippen molar-refractivity contribution in [3.8, 4) is 0 Å². The van der Waals surface area contributed by atoms with Crippen LogP contribution < -0.4 is 5.32 Å². The van der Waals surface area contributed by atoms with Crippen LogP contribution in [0.4, 0.5) is 0 Å². The minimum Gasteiger partial charge on any atom is -0.345 e. The number of hydrogen-bond acceptors (Lipinski definition) is 4. The zero-order valence-corrected chi connectivity index (χ0v) is 11.5. The van der Waals surface area contributed by atoms with Crippen molar-refractivity contribution >= 4 is 17.2 Å². The van der Waals surface area contributed by atoms with E-state index in [4.69, 9.17) is 0 Å². The maximum absolute atomic E-state index is 11.8. The Kier molecular flexibility index (Phi) is 3.47. The lowest BCUT2D eigenvalue weighted by atomic mass is 9.96. The van der Waals surface area contributed by atoms with Crippen molar-refractivity contribution in [2.75, 3.05) is 0 Å². The fourth-order valence-electron chi connectivity index (χ4n) is 1.35. The van der Waals surface area contributed by atoms with Crippen molar-refractivity contribution in [3.63, 3.8) is 0 Å². The first kappa shape index (κ1) is 12.8. The first-order valence-corrected chi connectivity index (χ1v) is 6.63. The second-order valence-electron chi connectivity index (χ2n) is 5.07. The van der Waals surface area contributed by atoms with Crippen LogP contribution in [0.3, 0.4) is 0 Å². The largest absolute Gasteiger partial charge is 0.345 e. The zero-order valence-electron chi connectivity index (χ0n) is 10.7. The van der Waals surface area contributed by atoms with E-state index in [1.165, 1.54) is 0 Å². The lowest BCUT2D eigenvalue weighted by Gasteiger charge is -2.12. The summed E-state index contributed by atoms with van der Waals surface area (Å²) in [5.74, 6) is 0.645. The first-order valence-electron chi connectivity index (χ1n) is 5.69. The number of carbonyl (C=O) groups excluding carboxylic acids is 1. The van der Waals surface area contributed by atoms with Crippen LogP contribution in [0.25, 0.3) is 0 Å². The van der Waals surface area contributed by atoms with Gasteiger partial charge in [-0.25, -0.2) is 4.98 Å². The molecular weight excluding hydrogens is 248 g/mol. The van der Waals surface area contributed by atoms with Gasteiger partial charge >= 0.3 is 0 Å². The number of H-pyrrole nitrogens is 1. The minimum atomic E-state index is -0.257. The van der Waals surface area contributed by atoms with Crippen molar-refractivity contribution in [2.45, 2.75) is 32.7 Å². The molecule has 0 aliphatic rings. The summed E-state index contributed by atoms with van der Waals surface area (Å²) in [7, 11) is 0. The molecule has 2 N–H and O–H groups in total. The average Bonchev–Trinajstić information content (AvgIpc) is 2.96. The molecule has 5 nitrogen and oxygen atoms in total. The molecule has 0 saturated heterocycles. The van der Waals surface area contributed by atoms with E-state index in [-0.39, 0.29) is 17.1 Å². The molecule has 0 saturated carbocycles. The Hall–Kier alpha value is -1.69. The van der Waals surface area contributed by atoms with Gasteiger partial charge in [0.2, 0.25) is 5.82 Å². The maximum atomic E-state index is 11.8. The van der Waals surface area contributed by atoms with Gasteiger partial charge in [-0.2, -0.15) is 11.3 Å². The van der Waals surface area contributed by atoms with E-state index in [1.807, 2.05) is 37.6 Å². The fourth-order valence-corrected chi connectivity index (χ4v) is 2.02. The summed E-state index contributed by atoms with van der Waals surface area (Å²) in [5, 5.41) is 13.5. The number of amides is 1. The third kappa shape index (κ3) is 2.95. The van der Waals surface area contributed by atoms with Crippen LogP contribution in [0.15, 0.2) is 16.8 Å². The van der Waals surface area contributed by atoms with E-state index in [9.17, 15) is 4.79 Å². The Morgan fingerprint density at radius 1 is 1.50 bits per heavy atom. The molecular formula is C12H16N4OS. The Morgan fingerprint density at radius 3 is 2.83 bits per heavy atom. The van der Waals surface area contributed by atoms with Crippen LogP contribution in [-0.2, 0) is 12.0 Å². The summed E-state index contributed by atoms with van der Waals surface area (Å²) in [6.07, 6.45) is 0. The van der Waals surface area contributed by atoms with E-state index in [1.54, 1.807) is 11.3 Å². The highest BCUT2D eigenvalue weighted by atomic mass is 32.1. The van der Waals surface area contributed by atoms with Crippen LogP contribution >= 0.6 is 11.3 Å². The van der Waals surface area contributed by atoms with Gasteiger partial charge in [-0.05, 0) is 22.4 Å². The third-order valence-electron chi connectivity index (χ3n) is 2.43. The van der Waals surface area contributed by atoms with Gasteiger partial charge in [0.1, 0.15) is 5.82 Å².